The summed E-state index contributed by atoms with van der Waals surface area (Å²) in [6, 6.07) is 10.1. The Morgan fingerprint density at radius 1 is 1.24 bits per heavy atom. The molecule has 0 bridgehead atoms. The third kappa shape index (κ3) is 3.16. The molecule has 1 heterocycles. The van der Waals surface area contributed by atoms with Crippen LogP contribution in [0, 0.1) is 0 Å². The molecule has 3 rings (SSSR count). The van der Waals surface area contributed by atoms with Gasteiger partial charge in [-0.15, -0.1) is 0 Å². The van der Waals surface area contributed by atoms with Crippen LogP contribution in [0.25, 0.3) is 0 Å². The van der Waals surface area contributed by atoms with E-state index in [1.165, 1.54) is 25.7 Å². The average molecular weight is 285 g/mol. The minimum atomic E-state index is -0.588. The van der Waals surface area contributed by atoms with Gasteiger partial charge in [0.15, 0.2) is 11.6 Å². The van der Waals surface area contributed by atoms with Crippen molar-refractivity contribution in [2.24, 2.45) is 0 Å². The summed E-state index contributed by atoms with van der Waals surface area (Å²) in [6.45, 7) is 2.80. The molecule has 112 valence electrons. The molecule has 4 nitrogen and oxygen atoms in total. The summed E-state index contributed by atoms with van der Waals surface area (Å²) in [5.74, 6) is 2.13. The fourth-order valence-corrected chi connectivity index (χ4v) is 3.14. The lowest BCUT2D eigenvalue weighted by molar-refractivity contribution is 0.162. The highest BCUT2D eigenvalue weighted by molar-refractivity contribution is 5.17. The normalized spacial score (nSPS) is 17.2. The SMILES string of the molecule is CCn1nc(C2CCCC2)nc1[C@@H](O)Cc1ccccc1. The van der Waals surface area contributed by atoms with Crippen LogP contribution in [-0.2, 0) is 13.0 Å². The topological polar surface area (TPSA) is 50.9 Å². The molecule has 1 aliphatic carbocycles. The number of aromatic nitrogens is 3. The summed E-state index contributed by atoms with van der Waals surface area (Å²) >= 11 is 0. The Hall–Kier alpha value is -1.68. The zero-order valence-electron chi connectivity index (χ0n) is 12.6. The number of benzene rings is 1. The third-order valence-electron chi connectivity index (χ3n) is 4.31. The van der Waals surface area contributed by atoms with Gasteiger partial charge in [-0.25, -0.2) is 9.67 Å². The van der Waals surface area contributed by atoms with Crippen LogP contribution in [-0.4, -0.2) is 19.9 Å². The van der Waals surface area contributed by atoms with Crippen molar-refractivity contribution in [2.75, 3.05) is 0 Å². The first-order chi connectivity index (χ1) is 10.3. The summed E-state index contributed by atoms with van der Waals surface area (Å²) in [4.78, 5) is 4.66. The largest absolute Gasteiger partial charge is 0.385 e. The fourth-order valence-electron chi connectivity index (χ4n) is 3.14. The van der Waals surface area contributed by atoms with Crippen molar-refractivity contribution in [3.05, 3.63) is 47.5 Å². The number of aryl methyl sites for hydroxylation is 1. The number of nitrogens with zero attached hydrogens (tertiary/aromatic N) is 3. The van der Waals surface area contributed by atoms with Gasteiger partial charge in [0, 0.05) is 18.9 Å². The van der Waals surface area contributed by atoms with Crippen LogP contribution in [0.1, 0.15) is 61.8 Å². The molecule has 4 heteroatoms. The Morgan fingerprint density at radius 2 is 1.95 bits per heavy atom. The maximum atomic E-state index is 10.5. The van der Waals surface area contributed by atoms with Gasteiger partial charge in [0.05, 0.1) is 0 Å². The van der Waals surface area contributed by atoms with Crippen molar-refractivity contribution < 1.29 is 5.11 Å². The molecule has 0 radical (unpaired) electrons. The van der Waals surface area contributed by atoms with E-state index in [1.807, 2.05) is 41.9 Å². The van der Waals surface area contributed by atoms with Gasteiger partial charge in [0.2, 0.25) is 0 Å². The van der Waals surface area contributed by atoms with E-state index in [-0.39, 0.29) is 0 Å². The molecular weight excluding hydrogens is 262 g/mol. The van der Waals surface area contributed by atoms with Gasteiger partial charge in [-0.2, -0.15) is 5.10 Å². The van der Waals surface area contributed by atoms with Crippen molar-refractivity contribution in [1.29, 1.82) is 0 Å². The van der Waals surface area contributed by atoms with Gasteiger partial charge in [-0.1, -0.05) is 43.2 Å². The van der Waals surface area contributed by atoms with Crippen LogP contribution in [0.3, 0.4) is 0 Å². The number of aliphatic hydroxyl groups excluding tert-OH is 1. The predicted octanol–water partition coefficient (Wildman–Crippen LogP) is 3.23. The molecule has 1 aromatic heterocycles. The van der Waals surface area contributed by atoms with E-state index in [4.69, 9.17) is 0 Å². The van der Waals surface area contributed by atoms with Gasteiger partial charge in [-0.05, 0) is 25.3 Å². The van der Waals surface area contributed by atoms with E-state index in [1.54, 1.807) is 0 Å². The fraction of sp³-hybridized carbons (Fsp3) is 0.529. The van der Waals surface area contributed by atoms with E-state index in [0.717, 1.165) is 17.9 Å². The van der Waals surface area contributed by atoms with Gasteiger partial charge < -0.3 is 5.11 Å². The first-order valence-corrected chi connectivity index (χ1v) is 7.94. The lowest BCUT2D eigenvalue weighted by Crippen LogP contribution is -2.11. The maximum absolute atomic E-state index is 10.5. The van der Waals surface area contributed by atoms with Crippen LogP contribution in [0.2, 0.25) is 0 Å². The molecule has 0 saturated heterocycles. The summed E-state index contributed by atoms with van der Waals surface area (Å²) in [5.41, 5.74) is 1.12. The first kappa shape index (κ1) is 14.3. The van der Waals surface area contributed by atoms with Crippen LogP contribution in [0.4, 0.5) is 0 Å². The Bertz CT molecular complexity index is 573. The summed E-state index contributed by atoms with van der Waals surface area (Å²) in [6.07, 6.45) is 4.91. The van der Waals surface area contributed by atoms with E-state index < -0.39 is 6.10 Å². The van der Waals surface area contributed by atoms with E-state index in [0.29, 0.717) is 18.2 Å². The molecule has 0 amide bonds. The lowest BCUT2D eigenvalue weighted by atomic mass is 10.1. The maximum Gasteiger partial charge on any atom is 0.156 e. The highest BCUT2D eigenvalue weighted by Crippen LogP contribution is 2.33. The minimum absolute atomic E-state index is 0.487. The van der Waals surface area contributed by atoms with Gasteiger partial charge >= 0.3 is 0 Å². The number of rotatable bonds is 5. The highest BCUT2D eigenvalue weighted by atomic mass is 16.3. The monoisotopic (exact) mass is 285 g/mol. The number of aliphatic hydroxyl groups is 1. The van der Waals surface area contributed by atoms with Crippen molar-refractivity contribution in [2.45, 2.75) is 57.6 Å². The molecule has 1 aromatic carbocycles. The molecule has 0 unspecified atom stereocenters. The molecule has 1 N–H and O–H groups in total. The van der Waals surface area contributed by atoms with Crippen LogP contribution >= 0.6 is 0 Å². The van der Waals surface area contributed by atoms with Gasteiger partial charge in [0.1, 0.15) is 6.10 Å². The molecule has 1 fully saturated rings. The molecule has 0 spiro atoms. The molecule has 21 heavy (non-hydrogen) atoms. The van der Waals surface area contributed by atoms with Crippen LogP contribution in [0.15, 0.2) is 30.3 Å². The lowest BCUT2D eigenvalue weighted by Gasteiger charge is -2.10. The molecule has 2 aromatic rings. The zero-order valence-corrected chi connectivity index (χ0v) is 12.6. The van der Waals surface area contributed by atoms with Gasteiger partial charge in [-0.3, -0.25) is 0 Å². The molecular formula is C17H23N3O. The Morgan fingerprint density at radius 3 is 2.62 bits per heavy atom. The third-order valence-corrected chi connectivity index (χ3v) is 4.31. The van der Waals surface area contributed by atoms with E-state index >= 15 is 0 Å². The van der Waals surface area contributed by atoms with E-state index in [9.17, 15) is 5.11 Å². The van der Waals surface area contributed by atoms with Crippen molar-refractivity contribution >= 4 is 0 Å². The van der Waals surface area contributed by atoms with Gasteiger partial charge in [0.25, 0.3) is 0 Å². The Balaban J connectivity index is 1.79. The standard InChI is InChI=1S/C17H23N3O/c1-2-20-17(15(21)12-13-8-4-3-5-9-13)18-16(19-20)14-10-6-7-11-14/h3-5,8-9,14-15,21H,2,6-7,10-12H2,1H3/t15-/m0/s1. The molecule has 0 aliphatic heterocycles. The summed E-state index contributed by atoms with van der Waals surface area (Å²) < 4.78 is 1.86. The van der Waals surface area contributed by atoms with Crippen LogP contribution < -0.4 is 0 Å². The predicted molar refractivity (Wildman–Crippen MR) is 82.0 cm³/mol. The van der Waals surface area contributed by atoms with Crippen molar-refractivity contribution in [3.63, 3.8) is 0 Å². The highest BCUT2D eigenvalue weighted by Gasteiger charge is 2.25. The first-order valence-electron chi connectivity index (χ1n) is 7.94. The smallest absolute Gasteiger partial charge is 0.156 e. The minimum Gasteiger partial charge on any atom is -0.385 e. The average Bonchev–Trinajstić information content (AvgIpc) is 3.17. The number of hydrogen-bond acceptors (Lipinski definition) is 3. The van der Waals surface area contributed by atoms with Crippen LogP contribution in [0.5, 0.6) is 0 Å². The van der Waals surface area contributed by atoms with Crippen molar-refractivity contribution in [3.8, 4) is 0 Å². The summed E-state index contributed by atoms with van der Waals surface area (Å²) in [5, 5.41) is 15.1. The number of hydrogen-bond donors (Lipinski definition) is 1. The molecule has 1 saturated carbocycles. The molecule has 1 aliphatic rings. The summed E-state index contributed by atoms with van der Waals surface area (Å²) in [7, 11) is 0. The Labute approximate surface area is 125 Å². The Kier molecular flexibility index (Phi) is 4.34. The molecule has 1 atom stereocenters. The zero-order chi connectivity index (χ0) is 14.7. The quantitative estimate of drug-likeness (QED) is 0.917. The van der Waals surface area contributed by atoms with E-state index in [2.05, 4.69) is 10.1 Å². The second-order valence-electron chi connectivity index (χ2n) is 5.83. The van der Waals surface area contributed by atoms with Crippen molar-refractivity contribution in [1.82, 2.24) is 14.8 Å². The second-order valence-corrected chi connectivity index (χ2v) is 5.83. The second kappa shape index (κ2) is 6.39.